The summed E-state index contributed by atoms with van der Waals surface area (Å²) in [6.07, 6.45) is 1.24. The predicted octanol–water partition coefficient (Wildman–Crippen LogP) is 4.08. The van der Waals surface area contributed by atoms with Gasteiger partial charge in [0.15, 0.2) is 11.5 Å². The summed E-state index contributed by atoms with van der Waals surface area (Å²) in [4.78, 5) is 32.7. The molecule has 0 radical (unpaired) electrons. The Labute approximate surface area is 196 Å². The molecule has 0 spiro atoms. The highest BCUT2D eigenvalue weighted by atomic mass is 19.1. The normalized spacial score (nSPS) is 10.4. The molecule has 35 heavy (non-hydrogen) atoms. The van der Waals surface area contributed by atoms with E-state index in [-0.39, 0.29) is 28.4 Å². The average Bonchev–Trinajstić information content (AvgIpc) is 2.84. The van der Waals surface area contributed by atoms with Crippen molar-refractivity contribution in [2.45, 2.75) is 0 Å². The molecule has 0 aliphatic rings. The number of nitro benzene ring substituents is 2. The summed E-state index contributed by atoms with van der Waals surface area (Å²) in [6.45, 7) is 0. The molecule has 0 bridgehead atoms. The van der Waals surface area contributed by atoms with Crippen molar-refractivity contribution in [2.24, 2.45) is 5.10 Å². The van der Waals surface area contributed by atoms with Crippen molar-refractivity contribution in [3.05, 3.63) is 97.3 Å². The van der Waals surface area contributed by atoms with E-state index < -0.39 is 32.9 Å². The van der Waals surface area contributed by atoms with Gasteiger partial charge in [-0.05, 0) is 48.0 Å². The topological polar surface area (TPSA) is 170 Å². The molecule has 0 fully saturated rings. The van der Waals surface area contributed by atoms with Crippen LogP contribution in [-0.4, -0.2) is 29.1 Å². The van der Waals surface area contributed by atoms with Gasteiger partial charge < -0.3 is 9.47 Å². The standard InChI is InChI=1S/C22H14FN5O7/c1-34-21-9-14(12-25-26-22(29)16-5-2-13(11-24)8-17(16)23)3-6-20(21)35-19-7-4-15(27(30)31)10-18(19)28(32)33/h2-10,12H,1H3,(H,26,29)/b25-12-. The van der Waals surface area contributed by atoms with Crippen LogP contribution in [0.4, 0.5) is 15.8 Å². The quantitative estimate of drug-likeness (QED) is 0.286. The van der Waals surface area contributed by atoms with Gasteiger partial charge in [0.05, 0.1) is 46.4 Å². The number of carbonyl (C=O) groups excluding carboxylic acids is 1. The molecule has 0 aliphatic heterocycles. The minimum Gasteiger partial charge on any atom is -0.493 e. The molecular formula is C22H14FN5O7. The number of hydrazone groups is 1. The minimum atomic E-state index is -0.875. The van der Waals surface area contributed by atoms with Crippen LogP contribution in [-0.2, 0) is 0 Å². The first-order chi connectivity index (χ1) is 16.7. The maximum atomic E-state index is 13.9. The first kappa shape index (κ1) is 24.3. The smallest absolute Gasteiger partial charge is 0.318 e. The molecule has 0 unspecified atom stereocenters. The maximum Gasteiger partial charge on any atom is 0.318 e. The van der Waals surface area contributed by atoms with E-state index in [9.17, 15) is 29.4 Å². The Hall–Kier alpha value is -5.38. The summed E-state index contributed by atoms with van der Waals surface area (Å²) in [7, 11) is 1.32. The number of hydrogen-bond donors (Lipinski definition) is 1. The van der Waals surface area contributed by atoms with Crippen molar-refractivity contribution >= 4 is 23.5 Å². The van der Waals surface area contributed by atoms with Crippen LogP contribution in [0.1, 0.15) is 21.5 Å². The molecule has 1 N–H and O–H groups in total. The fourth-order valence-electron chi connectivity index (χ4n) is 2.81. The lowest BCUT2D eigenvalue weighted by molar-refractivity contribution is -0.394. The van der Waals surface area contributed by atoms with Gasteiger partial charge in [0.1, 0.15) is 5.82 Å². The van der Waals surface area contributed by atoms with Crippen LogP contribution < -0.4 is 14.9 Å². The first-order valence-corrected chi connectivity index (χ1v) is 9.55. The van der Waals surface area contributed by atoms with Crippen molar-refractivity contribution in [2.75, 3.05) is 7.11 Å². The molecule has 0 aromatic heterocycles. The average molecular weight is 479 g/mol. The van der Waals surface area contributed by atoms with Gasteiger partial charge in [-0.15, -0.1) is 0 Å². The van der Waals surface area contributed by atoms with Crippen molar-refractivity contribution in [1.82, 2.24) is 5.43 Å². The Morgan fingerprint density at radius 2 is 1.80 bits per heavy atom. The number of amides is 1. The van der Waals surface area contributed by atoms with Gasteiger partial charge >= 0.3 is 5.69 Å². The zero-order chi connectivity index (χ0) is 25.5. The van der Waals surface area contributed by atoms with Crippen LogP contribution in [0.15, 0.2) is 59.7 Å². The minimum absolute atomic E-state index is 0.0658. The number of nitriles is 1. The number of nitrogens with one attached hydrogen (secondary N) is 1. The Kier molecular flexibility index (Phi) is 7.27. The van der Waals surface area contributed by atoms with E-state index in [1.54, 1.807) is 6.07 Å². The van der Waals surface area contributed by atoms with Gasteiger partial charge in [-0.3, -0.25) is 25.0 Å². The summed E-state index contributed by atoms with van der Waals surface area (Å²) in [5.74, 6) is -1.73. The number of carbonyl (C=O) groups is 1. The number of non-ortho nitro benzene ring substituents is 1. The molecule has 0 saturated heterocycles. The lowest BCUT2D eigenvalue weighted by atomic mass is 10.1. The highest BCUT2D eigenvalue weighted by Crippen LogP contribution is 2.38. The Balaban J connectivity index is 1.77. The number of ether oxygens (including phenoxy) is 2. The molecule has 0 aliphatic carbocycles. The van der Waals surface area contributed by atoms with E-state index in [1.165, 1.54) is 37.6 Å². The van der Waals surface area contributed by atoms with Crippen molar-refractivity contribution < 1.29 is 28.5 Å². The van der Waals surface area contributed by atoms with Crippen LogP contribution in [0.5, 0.6) is 17.2 Å². The molecule has 0 saturated carbocycles. The van der Waals surface area contributed by atoms with E-state index in [1.807, 2.05) is 0 Å². The number of nitro groups is 2. The monoisotopic (exact) mass is 479 g/mol. The van der Waals surface area contributed by atoms with E-state index >= 15 is 0 Å². The predicted molar refractivity (Wildman–Crippen MR) is 119 cm³/mol. The zero-order valence-corrected chi connectivity index (χ0v) is 17.8. The molecule has 12 nitrogen and oxygen atoms in total. The second kappa shape index (κ2) is 10.5. The third-order valence-corrected chi connectivity index (χ3v) is 4.48. The lowest BCUT2D eigenvalue weighted by Gasteiger charge is -2.11. The largest absolute Gasteiger partial charge is 0.493 e. The summed E-state index contributed by atoms with van der Waals surface area (Å²) in [5, 5.41) is 34.7. The number of methoxy groups -OCH3 is 1. The van der Waals surface area contributed by atoms with Crippen molar-refractivity contribution in [3.63, 3.8) is 0 Å². The Bertz CT molecular complexity index is 1400. The number of nitrogens with zero attached hydrogens (tertiary/aromatic N) is 4. The number of hydrogen-bond acceptors (Lipinski definition) is 9. The number of rotatable bonds is 8. The lowest BCUT2D eigenvalue weighted by Crippen LogP contribution is -2.19. The van der Waals surface area contributed by atoms with Gasteiger partial charge in [0.2, 0.25) is 5.75 Å². The van der Waals surface area contributed by atoms with Gasteiger partial charge in [0.25, 0.3) is 11.6 Å². The summed E-state index contributed by atoms with van der Waals surface area (Å²) in [5.41, 5.74) is 1.27. The molecule has 3 aromatic rings. The first-order valence-electron chi connectivity index (χ1n) is 9.55. The van der Waals surface area contributed by atoms with Crippen LogP contribution in [0, 0.1) is 37.4 Å². The molecule has 0 heterocycles. The van der Waals surface area contributed by atoms with Gasteiger partial charge in [-0.25, -0.2) is 9.82 Å². The van der Waals surface area contributed by atoms with E-state index in [0.717, 1.165) is 30.3 Å². The molecule has 0 atom stereocenters. The molecular weight excluding hydrogens is 465 g/mol. The van der Waals surface area contributed by atoms with Crippen molar-refractivity contribution in [1.29, 1.82) is 5.26 Å². The van der Waals surface area contributed by atoms with Crippen LogP contribution >= 0.6 is 0 Å². The Morgan fingerprint density at radius 1 is 1.06 bits per heavy atom. The van der Waals surface area contributed by atoms with Crippen LogP contribution in [0.25, 0.3) is 0 Å². The fourth-order valence-corrected chi connectivity index (χ4v) is 2.81. The second-order valence-corrected chi connectivity index (χ2v) is 6.68. The molecule has 176 valence electrons. The highest BCUT2D eigenvalue weighted by Gasteiger charge is 2.22. The fraction of sp³-hybridized carbons (Fsp3) is 0.0455. The van der Waals surface area contributed by atoms with E-state index in [4.69, 9.17) is 14.7 Å². The zero-order valence-electron chi connectivity index (χ0n) is 17.8. The maximum absolute atomic E-state index is 13.9. The molecule has 3 rings (SSSR count). The second-order valence-electron chi connectivity index (χ2n) is 6.68. The van der Waals surface area contributed by atoms with Crippen molar-refractivity contribution in [3.8, 4) is 23.3 Å². The number of benzene rings is 3. The molecule has 1 amide bonds. The van der Waals surface area contributed by atoms with Gasteiger partial charge in [0, 0.05) is 6.07 Å². The third-order valence-electron chi connectivity index (χ3n) is 4.48. The van der Waals surface area contributed by atoms with Crippen LogP contribution in [0.3, 0.4) is 0 Å². The summed E-state index contributed by atoms with van der Waals surface area (Å²) in [6, 6.07) is 12.4. The van der Waals surface area contributed by atoms with E-state index in [0.29, 0.717) is 5.56 Å². The summed E-state index contributed by atoms with van der Waals surface area (Å²) < 4.78 is 24.7. The number of halogens is 1. The molecule has 3 aromatic carbocycles. The van der Waals surface area contributed by atoms with Gasteiger partial charge in [-0.1, -0.05) is 0 Å². The molecule has 13 heteroatoms. The van der Waals surface area contributed by atoms with E-state index in [2.05, 4.69) is 10.5 Å². The SMILES string of the molecule is COc1cc(/C=N\NC(=O)c2ccc(C#N)cc2F)ccc1Oc1ccc([N+](=O)[O-])cc1[N+](=O)[O-]. The summed E-state index contributed by atoms with van der Waals surface area (Å²) >= 11 is 0. The Morgan fingerprint density at radius 3 is 2.43 bits per heavy atom. The third kappa shape index (κ3) is 5.71. The highest BCUT2D eigenvalue weighted by molar-refractivity contribution is 5.95. The van der Waals surface area contributed by atoms with Gasteiger partial charge in [-0.2, -0.15) is 10.4 Å². The van der Waals surface area contributed by atoms with Crippen LogP contribution in [0.2, 0.25) is 0 Å².